The monoisotopic (exact) mass is 525 g/mol. The normalized spacial score (nSPS) is 15.7. The summed E-state index contributed by atoms with van der Waals surface area (Å²) in [5.41, 5.74) is 1.38. The predicted octanol–water partition coefficient (Wildman–Crippen LogP) is 5.73. The summed E-state index contributed by atoms with van der Waals surface area (Å²) in [5.74, 6) is 0.117. The summed E-state index contributed by atoms with van der Waals surface area (Å²) in [6.07, 6.45) is 1.69. The van der Waals surface area contributed by atoms with E-state index in [9.17, 15) is 9.59 Å². The third-order valence-corrected chi connectivity index (χ3v) is 6.80. The van der Waals surface area contributed by atoms with Crippen LogP contribution in [-0.4, -0.2) is 40.9 Å². The topological polar surface area (TPSA) is 65.1 Å². The summed E-state index contributed by atoms with van der Waals surface area (Å²) in [7, 11) is 1.52. The average molecular weight is 526 g/mol. The number of methoxy groups -OCH3 is 1. The van der Waals surface area contributed by atoms with E-state index in [4.69, 9.17) is 49.6 Å². The molecule has 0 N–H and O–H groups in total. The van der Waals surface area contributed by atoms with Crippen LogP contribution < -0.4 is 9.47 Å². The highest BCUT2D eigenvalue weighted by molar-refractivity contribution is 8.26. The van der Waals surface area contributed by atoms with Crippen molar-refractivity contribution in [3.05, 3.63) is 62.5 Å². The van der Waals surface area contributed by atoms with Gasteiger partial charge in [0.05, 0.1) is 18.6 Å². The molecule has 1 unspecified atom stereocenters. The molecule has 0 aromatic heterocycles. The molecule has 33 heavy (non-hydrogen) atoms. The molecule has 174 valence electrons. The van der Waals surface area contributed by atoms with Crippen LogP contribution in [0.4, 0.5) is 0 Å². The Morgan fingerprint density at radius 3 is 2.55 bits per heavy atom. The smallest absolute Gasteiger partial charge is 0.329 e. The lowest BCUT2D eigenvalue weighted by atomic mass is 10.1. The van der Waals surface area contributed by atoms with Crippen LogP contribution in [0.2, 0.25) is 10.0 Å². The Hall–Kier alpha value is -2.26. The highest BCUT2D eigenvalue weighted by atomic mass is 35.5. The van der Waals surface area contributed by atoms with Crippen molar-refractivity contribution in [3.8, 4) is 11.5 Å². The van der Waals surface area contributed by atoms with Crippen LogP contribution in [0.3, 0.4) is 0 Å². The molecule has 0 aliphatic carbocycles. The number of carbonyl (C=O) groups is 2. The second-order valence-corrected chi connectivity index (χ2v) is 9.37. The molecule has 3 rings (SSSR count). The first-order valence-electron chi connectivity index (χ1n) is 9.94. The third kappa shape index (κ3) is 5.81. The number of nitrogens with zero attached hydrogens (tertiary/aromatic N) is 1. The van der Waals surface area contributed by atoms with E-state index in [1.54, 1.807) is 56.3 Å². The molecular weight excluding hydrogens is 505 g/mol. The maximum Gasteiger partial charge on any atom is 0.329 e. The van der Waals surface area contributed by atoms with E-state index in [-0.39, 0.29) is 19.1 Å². The molecule has 10 heteroatoms. The lowest BCUT2D eigenvalue weighted by molar-refractivity contribution is -0.149. The van der Waals surface area contributed by atoms with Crippen LogP contribution in [0, 0.1) is 0 Å². The van der Waals surface area contributed by atoms with Gasteiger partial charge in [0.25, 0.3) is 5.91 Å². The maximum atomic E-state index is 12.9. The van der Waals surface area contributed by atoms with Crippen LogP contribution in [0.15, 0.2) is 41.3 Å². The number of hydrogen-bond donors (Lipinski definition) is 0. The van der Waals surface area contributed by atoms with E-state index in [1.165, 1.54) is 12.0 Å². The zero-order valence-electron chi connectivity index (χ0n) is 18.1. The molecule has 0 bridgehead atoms. The molecule has 1 atom stereocenters. The van der Waals surface area contributed by atoms with Crippen LogP contribution in [-0.2, 0) is 20.9 Å². The number of thiocarbonyl (C=S) groups is 1. The lowest BCUT2D eigenvalue weighted by Crippen LogP contribution is -2.42. The van der Waals surface area contributed by atoms with Gasteiger partial charge in [-0.2, -0.15) is 0 Å². The van der Waals surface area contributed by atoms with Crippen molar-refractivity contribution in [2.45, 2.75) is 26.5 Å². The molecule has 0 radical (unpaired) electrons. The molecule has 2 aromatic carbocycles. The number of rotatable bonds is 8. The number of ether oxygens (including phenoxy) is 3. The molecule has 6 nitrogen and oxygen atoms in total. The number of carbonyl (C=O) groups excluding carboxylic acids is 2. The van der Waals surface area contributed by atoms with Crippen molar-refractivity contribution >= 4 is 69.5 Å². The highest BCUT2D eigenvalue weighted by Gasteiger charge is 2.38. The minimum absolute atomic E-state index is 0.165. The van der Waals surface area contributed by atoms with E-state index in [1.807, 2.05) is 0 Å². The Morgan fingerprint density at radius 1 is 1.21 bits per heavy atom. The van der Waals surface area contributed by atoms with E-state index in [0.29, 0.717) is 41.9 Å². The Kier molecular flexibility index (Phi) is 8.64. The summed E-state index contributed by atoms with van der Waals surface area (Å²) in [5, 5.41) is 1.02. The van der Waals surface area contributed by atoms with Crippen molar-refractivity contribution < 1.29 is 23.8 Å². The molecular formula is C23H21Cl2NO5S2. The predicted molar refractivity (Wildman–Crippen MR) is 135 cm³/mol. The minimum Gasteiger partial charge on any atom is -0.493 e. The number of amides is 1. The van der Waals surface area contributed by atoms with Crippen LogP contribution >= 0.6 is 47.2 Å². The molecule has 1 heterocycles. The molecule has 1 aliphatic rings. The van der Waals surface area contributed by atoms with Crippen LogP contribution in [0.5, 0.6) is 11.5 Å². The maximum absolute atomic E-state index is 12.9. The molecule has 1 fully saturated rings. The highest BCUT2D eigenvalue weighted by Crippen LogP contribution is 2.36. The SMILES string of the molecule is CCOC(=O)C(C)N1C(=O)/C(=C/c2ccc(OCc3c(Cl)cccc3Cl)c(OC)c2)SC1=S. The molecule has 0 saturated carbocycles. The second-order valence-electron chi connectivity index (χ2n) is 6.88. The minimum atomic E-state index is -0.801. The quantitative estimate of drug-likeness (QED) is 0.247. The zero-order chi connectivity index (χ0) is 24.1. The fraction of sp³-hybridized carbons (Fsp3) is 0.261. The van der Waals surface area contributed by atoms with E-state index in [0.717, 1.165) is 11.8 Å². The van der Waals surface area contributed by atoms with Crippen molar-refractivity contribution in [1.82, 2.24) is 4.90 Å². The Morgan fingerprint density at radius 2 is 1.91 bits per heavy atom. The van der Waals surface area contributed by atoms with Crippen LogP contribution in [0.25, 0.3) is 6.08 Å². The van der Waals surface area contributed by atoms with Gasteiger partial charge in [0, 0.05) is 15.6 Å². The second kappa shape index (κ2) is 11.2. The molecule has 0 spiro atoms. The van der Waals surface area contributed by atoms with Gasteiger partial charge in [-0.3, -0.25) is 9.69 Å². The Labute approximate surface area is 211 Å². The van der Waals surface area contributed by atoms with E-state index >= 15 is 0 Å². The van der Waals surface area contributed by atoms with Gasteiger partial charge in [-0.25, -0.2) is 4.79 Å². The van der Waals surface area contributed by atoms with Crippen molar-refractivity contribution in [3.63, 3.8) is 0 Å². The standard InChI is InChI=1S/C23H21Cl2NO5S2/c1-4-30-22(28)13(2)26-21(27)20(33-23(26)32)11-14-8-9-18(19(10-14)29-3)31-12-15-16(24)6-5-7-17(15)25/h5-11,13H,4,12H2,1-3H3/b20-11-. The van der Waals surface area contributed by atoms with E-state index in [2.05, 4.69) is 0 Å². The summed E-state index contributed by atoms with van der Waals surface area (Å²) < 4.78 is 16.6. The van der Waals surface area contributed by atoms with Gasteiger partial charge in [-0.05, 0) is 49.8 Å². The summed E-state index contributed by atoms with van der Waals surface area (Å²) in [6, 6.07) is 9.71. The number of hydrogen-bond acceptors (Lipinski definition) is 7. The zero-order valence-corrected chi connectivity index (χ0v) is 21.2. The fourth-order valence-corrected chi connectivity index (χ4v) is 4.97. The van der Waals surface area contributed by atoms with Crippen molar-refractivity contribution in [1.29, 1.82) is 0 Å². The average Bonchev–Trinajstić information content (AvgIpc) is 3.06. The first-order chi connectivity index (χ1) is 15.8. The van der Waals surface area contributed by atoms with Gasteiger partial charge < -0.3 is 14.2 Å². The summed E-state index contributed by atoms with van der Waals surface area (Å²) >= 11 is 18.9. The van der Waals surface area contributed by atoms with Crippen molar-refractivity contribution in [2.75, 3.05) is 13.7 Å². The van der Waals surface area contributed by atoms with Gasteiger partial charge in [0.1, 0.15) is 17.0 Å². The fourth-order valence-electron chi connectivity index (χ4n) is 3.05. The Balaban J connectivity index is 1.78. The van der Waals surface area contributed by atoms with Crippen molar-refractivity contribution in [2.24, 2.45) is 0 Å². The Bertz CT molecular complexity index is 1100. The molecule has 2 aromatic rings. The van der Waals surface area contributed by atoms with Gasteiger partial charge in [0.15, 0.2) is 11.5 Å². The third-order valence-electron chi connectivity index (χ3n) is 4.76. The number of benzene rings is 2. The summed E-state index contributed by atoms with van der Waals surface area (Å²) in [4.78, 5) is 26.6. The molecule has 1 aliphatic heterocycles. The first-order valence-corrected chi connectivity index (χ1v) is 11.9. The van der Waals surface area contributed by atoms with Gasteiger partial charge in [-0.15, -0.1) is 0 Å². The largest absolute Gasteiger partial charge is 0.493 e. The van der Waals surface area contributed by atoms with E-state index < -0.39 is 12.0 Å². The van der Waals surface area contributed by atoms with Gasteiger partial charge >= 0.3 is 5.97 Å². The number of thioether (sulfide) groups is 1. The van der Waals surface area contributed by atoms with Gasteiger partial charge in [-0.1, -0.05) is 59.3 Å². The first kappa shape index (κ1) is 25.4. The molecule has 1 amide bonds. The molecule has 1 saturated heterocycles. The van der Waals surface area contributed by atoms with Crippen LogP contribution in [0.1, 0.15) is 25.0 Å². The lowest BCUT2D eigenvalue weighted by Gasteiger charge is -2.21. The summed E-state index contributed by atoms with van der Waals surface area (Å²) in [6.45, 7) is 3.69. The number of esters is 1. The van der Waals surface area contributed by atoms with Gasteiger partial charge in [0.2, 0.25) is 0 Å². The number of halogens is 2.